The number of rotatable bonds is 17. The van der Waals surface area contributed by atoms with Gasteiger partial charge in [0.25, 0.3) is 0 Å². The van der Waals surface area contributed by atoms with Crippen molar-refractivity contribution >= 4 is 29.8 Å². The molecule has 0 aromatic carbocycles. The van der Waals surface area contributed by atoms with Crippen molar-refractivity contribution < 1.29 is 49.5 Å². The minimum atomic E-state index is -1.22. The van der Waals surface area contributed by atoms with Crippen LogP contribution in [0.4, 0.5) is 0 Å². The van der Waals surface area contributed by atoms with Crippen LogP contribution >= 0.6 is 0 Å². The number of hydrogen-bond donors (Lipinski definition) is 5. The van der Waals surface area contributed by atoms with Crippen molar-refractivity contribution in [2.75, 3.05) is 52.4 Å². The van der Waals surface area contributed by atoms with Crippen molar-refractivity contribution in [3.63, 3.8) is 0 Å². The Bertz CT molecular complexity index is 565. The fraction of sp³-hybridized carbons (Fsp3) is 0.688. The Morgan fingerprint density at radius 3 is 1.34 bits per heavy atom. The van der Waals surface area contributed by atoms with Crippen LogP contribution in [0, 0.1) is 0 Å². The van der Waals surface area contributed by atoms with Gasteiger partial charge in [0.15, 0.2) is 0 Å². The first-order valence-electron chi connectivity index (χ1n) is 8.68. The van der Waals surface area contributed by atoms with Gasteiger partial charge >= 0.3 is 29.8 Å². The molecule has 0 aliphatic heterocycles. The first-order chi connectivity index (χ1) is 13.4. The van der Waals surface area contributed by atoms with Gasteiger partial charge in [0, 0.05) is 25.7 Å². The van der Waals surface area contributed by atoms with Gasteiger partial charge < -0.3 is 25.5 Å². The third kappa shape index (κ3) is 14.0. The van der Waals surface area contributed by atoms with Crippen LogP contribution in [0.1, 0.15) is 13.3 Å². The molecule has 5 N–H and O–H groups in total. The van der Waals surface area contributed by atoms with Gasteiger partial charge in [-0.25, -0.2) is 0 Å². The van der Waals surface area contributed by atoms with Gasteiger partial charge in [-0.1, -0.05) is 0 Å². The first kappa shape index (κ1) is 26.2. The maximum atomic E-state index is 11.1. The third-order valence-corrected chi connectivity index (χ3v) is 3.85. The Morgan fingerprint density at radius 2 is 0.966 bits per heavy atom. The van der Waals surface area contributed by atoms with E-state index in [2.05, 4.69) is 0 Å². The van der Waals surface area contributed by atoms with Gasteiger partial charge in [-0.15, -0.1) is 0 Å². The molecular weight excluding hydrogens is 394 g/mol. The Kier molecular flexibility index (Phi) is 12.1. The summed E-state index contributed by atoms with van der Waals surface area (Å²) in [6.45, 7) is -0.516. The van der Waals surface area contributed by atoms with Gasteiger partial charge in [0.1, 0.15) is 0 Å². The smallest absolute Gasteiger partial charge is 0.317 e. The van der Waals surface area contributed by atoms with Crippen LogP contribution in [0.15, 0.2) is 0 Å². The molecule has 0 saturated heterocycles. The minimum Gasteiger partial charge on any atom is -0.480 e. The van der Waals surface area contributed by atoms with Crippen LogP contribution in [-0.2, 0) is 24.0 Å². The molecule has 0 fully saturated rings. The summed E-state index contributed by atoms with van der Waals surface area (Å²) in [6, 6.07) is -0.587. The molecule has 13 nitrogen and oxygen atoms in total. The highest BCUT2D eigenvalue weighted by atomic mass is 16.4. The summed E-state index contributed by atoms with van der Waals surface area (Å²) in [5.74, 6) is -5.98. The lowest BCUT2D eigenvalue weighted by Crippen LogP contribution is -2.48. The zero-order valence-corrected chi connectivity index (χ0v) is 16.1. The van der Waals surface area contributed by atoms with Crippen LogP contribution in [0.3, 0.4) is 0 Å². The van der Waals surface area contributed by atoms with E-state index in [0.717, 1.165) is 0 Å². The number of carboxylic acid groups (broad SMARTS) is 5. The Balaban J connectivity index is 4.94. The molecule has 0 aromatic heterocycles. The third-order valence-electron chi connectivity index (χ3n) is 3.85. The first-order valence-corrected chi connectivity index (χ1v) is 8.68. The van der Waals surface area contributed by atoms with E-state index in [1.165, 1.54) is 14.7 Å². The van der Waals surface area contributed by atoms with Crippen LogP contribution in [0.2, 0.25) is 0 Å². The Morgan fingerprint density at radius 1 is 0.621 bits per heavy atom. The average Bonchev–Trinajstić information content (AvgIpc) is 2.51. The summed E-state index contributed by atoms with van der Waals surface area (Å²) in [5, 5.41) is 44.6. The molecule has 0 radical (unpaired) electrons. The molecule has 0 aliphatic carbocycles. The number of nitrogens with zero attached hydrogens (tertiary/aromatic N) is 3. The summed E-state index contributed by atoms with van der Waals surface area (Å²) >= 11 is 0. The van der Waals surface area contributed by atoms with Gasteiger partial charge in [-0.3, -0.25) is 38.7 Å². The van der Waals surface area contributed by atoms with Gasteiger partial charge in [-0.05, 0) is 13.3 Å². The molecule has 0 amide bonds. The summed E-state index contributed by atoms with van der Waals surface area (Å²) in [7, 11) is 0. The monoisotopic (exact) mass is 421 g/mol. The summed E-state index contributed by atoms with van der Waals surface area (Å²) < 4.78 is 0. The molecule has 0 heterocycles. The molecule has 1 unspecified atom stereocenters. The van der Waals surface area contributed by atoms with E-state index < -0.39 is 68.6 Å². The molecule has 0 aromatic rings. The molecule has 166 valence electrons. The normalized spacial score (nSPS) is 12.3. The number of aliphatic carboxylic acids is 5. The van der Waals surface area contributed by atoms with E-state index in [0.29, 0.717) is 0 Å². The second-order valence-corrected chi connectivity index (χ2v) is 6.52. The number of hydrogen-bond acceptors (Lipinski definition) is 8. The highest BCUT2D eigenvalue weighted by Gasteiger charge is 2.23. The lowest BCUT2D eigenvalue weighted by atomic mass is 10.2. The van der Waals surface area contributed by atoms with Crippen molar-refractivity contribution in [3.05, 3.63) is 0 Å². The lowest BCUT2D eigenvalue weighted by molar-refractivity contribution is -0.145. The summed E-state index contributed by atoms with van der Waals surface area (Å²) in [6.07, 6.45) is 0.262. The quantitative estimate of drug-likeness (QED) is 0.175. The fourth-order valence-corrected chi connectivity index (χ4v) is 2.74. The van der Waals surface area contributed by atoms with Crippen molar-refractivity contribution in [2.45, 2.75) is 19.4 Å². The summed E-state index contributed by atoms with van der Waals surface area (Å²) in [4.78, 5) is 58.4. The highest BCUT2D eigenvalue weighted by Crippen LogP contribution is 2.05. The predicted octanol–water partition coefficient (Wildman–Crippen LogP) is -1.91. The van der Waals surface area contributed by atoms with E-state index >= 15 is 0 Å². The van der Waals surface area contributed by atoms with Crippen LogP contribution in [-0.4, -0.2) is 128 Å². The standard InChI is InChI=1S/C16H27N3O10/c1-11(19(9-15(26)27)10-16(28)29)5-17(6-12(20)21)3-2-4-18(7-13(22)23)8-14(24)25/h11H,2-10H2,1H3,(H,20,21)(H,22,23)(H,24,25)(H,26,27)(H,28,29). The van der Waals surface area contributed by atoms with E-state index in [-0.39, 0.29) is 26.1 Å². The van der Waals surface area contributed by atoms with Gasteiger partial charge in [0.05, 0.1) is 32.7 Å². The average molecular weight is 421 g/mol. The maximum absolute atomic E-state index is 11.1. The SMILES string of the molecule is CC(CN(CCCN(CC(=O)O)CC(=O)O)CC(=O)O)N(CC(=O)O)CC(=O)O. The fourth-order valence-electron chi connectivity index (χ4n) is 2.74. The van der Waals surface area contributed by atoms with Crippen molar-refractivity contribution in [1.82, 2.24) is 14.7 Å². The Labute approximate surface area is 166 Å². The van der Waals surface area contributed by atoms with Gasteiger partial charge in [-0.2, -0.15) is 0 Å². The molecule has 0 saturated carbocycles. The maximum Gasteiger partial charge on any atom is 0.317 e. The number of carboxylic acids is 5. The molecular formula is C16H27N3O10. The topological polar surface area (TPSA) is 196 Å². The highest BCUT2D eigenvalue weighted by molar-refractivity contribution is 5.73. The molecule has 1 atom stereocenters. The predicted molar refractivity (Wildman–Crippen MR) is 96.7 cm³/mol. The Hall–Kier alpha value is -2.77. The van der Waals surface area contributed by atoms with Crippen LogP contribution in [0.5, 0.6) is 0 Å². The van der Waals surface area contributed by atoms with Crippen molar-refractivity contribution in [1.29, 1.82) is 0 Å². The van der Waals surface area contributed by atoms with Crippen molar-refractivity contribution in [3.8, 4) is 0 Å². The van der Waals surface area contributed by atoms with E-state index in [4.69, 9.17) is 25.5 Å². The molecule has 0 bridgehead atoms. The van der Waals surface area contributed by atoms with E-state index in [1.54, 1.807) is 6.92 Å². The lowest BCUT2D eigenvalue weighted by Gasteiger charge is -2.31. The molecule has 13 heteroatoms. The summed E-state index contributed by atoms with van der Waals surface area (Å²) in [5.41, 5.74) is 0. The number of carbonyl (C=O) groups is 5. The van der Waals surface area contributed by atoms with E-state index in [1.807, 2.05) is 0 Å². The van der Waals surface area contributed by atoms with E-state index in [9.17, 15) is 24.0 Å². The van der Waals surface area contributed by atoms with Crippen LogP contribution in [0.25, 0.3) is 0 Å². The second kappa shape index (κ2) is 13.4. The van der Waals surface area contributed by atoms with Crippen LogP contribution < -0.4 is 0 Å². The van der Waals surface area contributed by atoms with Gasteiger partial charge in [0.2, 0.25) is 0 Å². The molecule has 0 rings (SSSR count). The molecule has 0 spiro atoms. The second-order valence-electron chi connectivity index (χ2n) is 6.52. The minimum absolute atomic E-state index is 0.0602. The largest absolute Gasteiger partial charge is 0.480 e. The van der Waals surface area contributed by atoms with Crippen molar-refractivity contribution in [2.24, 2.45) is 0 Å². The molecule has 29 heavy (non-hydrogen) atoms. The zero-order valence-electron chi connectivity index (χ0n) is 16.1. The zero-order chi connectivity index (χ0) is 22.6. The molecule has 0 aliphatic rings.